The molecule has 3 unspecified atom stereocenters. The highest BCUT2D eigenvalue weighted by Gasteiger charge is 2.29. The minimum absolute atomic E-state index is 0.0448. The van der Waals surface area contributed by atoms with Crippen LogP contribution in [0.4, 0.5) is 8.78 Å². The van der Waals surface area contributed by atoms with Gasteiger partial charge in [-0.15, -0.1) is 0 Å². The van der Waals surface area contributed by atoms with Crippen LogP contribution >= 0.6 is 0 Å². The minimum atomic E-state index is -1.02. The molecule has 5 heteroatoms. The molecule has 0 saturated heterocycles. The van der Waals surface area contributed by atoms with Crippen LogP contribution in [0.3, 0.4) is 0 Å². The predicted molar refractivity (Wildman–Crippen MR) is 82.5 cm³/mol. The number of aliphatic hydroxyl groups is 1. The lowest BCUT2D eigenvalue weighted by Crippen LogP contribution is -2.25. The van der Waals surface area contributed by atoms with Crippen molar-refractivity contribution in [3.63, 3.8) is 0 Å². The molecular formula is C18H22F2O3. The summed E-state index contributed by atoms with van der Waals surface area (Å²) >= 11 is 0. The molecule has 126 valence electrons. The third-order valence-electron chi connectivity index (χ3n) is 4.23. The predicted octanol–water partition coefficient (Wildman–Crippen LogP) is 3.67. The molecule has 3 atom stereocenters. The SMILES string of the molecule is Cc1cc(F)c(CC(C)C2CCC(=O)C=C2OC(C)O)cc1F. The lowest BCUT2D eigenvalue weighted by molar-refractivity contribution is -0.117. The van der Waals surface area contributed by atoms with Gasteiger partial charge in [0.2, 0.25) is 0 Å². The summed E-state index contributed by atoms with van der Waals surface area (Å²) in [6.45, 7) is 4.91. The number of carbonyl (C=O) groups excluding carboxylic acids is 1. The van der Waals surface area contributed by atoms with Crippen molar-refractivity contribution in [1.29, 1.82) is 0 Å². The molecule has 1 aliphatic rings. The monoisotopic (exact) mass is 324 g/mol. The van der Waals surface area contributed by atoms with Crippen LogP contribution in [0, 0.1) is 30.4 Å². The van der Waals surface area contributed by atoms with Gasteiger partial charge in [0.25, 0.3) is 0 Å². The number of aryl methyl sites for hydroxylation is 1. The molecule has 1 aliphatic carbocycles. The van der Waals surface area contributed by atoms with Gasteiger partial charge in [0.1, 0.15) is 17.4 Å². The molecule has 0 bridgehead atoms. The summed E-state index contributed by atoms with van der Waals surface area (Å²) in [6.07, 6.45) is 1.70. The van der Waals surface area contributed by atoms with Crippen LogP contribution in [-0.4, -0.2) is 17.2 Å². The van der Waals surface area contributed by atoms with Gasteiger partial charge >= 0.3 is 0 Å². The van der Waals surface area contributed by atoms with Crippen molar-refractivity contribution in [3.05, 3.63) is 46.7 Å². The standard InChI is InChI=1S/C18H22F2O3/c1-10(6-13-8-16(19)11(2)7-17(13)20)15-5-4-14(22)9-18(15)23-12(3)21/h7-10,12,15,21H,4-6H2,1-3H3. The van der Waals surface area contributed by atoms with Gasteiger partial charge in [0.05, 0.1) is 0 Å². The Morgan fingerprint density at radius 3 is 2.65 bits per heavy atom. The summed E-state index contributed by atoms with van der Waals surface area (Å²) in [5, 5.41) is 9.41. The molecule has 0 aliphatic heterocycles. The lowest BCUT2D eigenvalue weighted by atomic mass is 9.80. The minimum Gasteiger partial charge on any atom is -0.469 e. The Labute approximate surface area is 135 Å². The largest absolute Gasteiger partial charge is 0.469 e. The number of halogens is 2. The van der Waals surface area contributed by atoms with Crippen molar-refractivity contribution in [3.8, 4) is 0 Å². The Kier molecular flexibility index (Phi) is 5.52. The summed E-state index contributed by atoms with van der Waals surface area (Å²) in [4.78, 5) is 11.6. The van der Waals surface area contributed by atoms with Gasteiger partial charge in [-0.25, -0.2) is 8.78 Å². The van der Waals surface area contributed by atoms with Crippen molar-refractivity contribution in [2.75, 3.05) is 0 Å². The van der Waals surface area contributed by atoms with E-state index in [1.54, 1.807) is 0 Å². The van der Waals surface area contributed by atoms with E-state index < -0.39 is 17.9 Å². The third kappa shape index (κ3) is 4.38. The highest BCUT2D eigenvalue weighted by molar-refractivity contribution is 5.91. The molecule has 0 saturated carbocycles. The van der Waals surface area contributed by atoms with E-state index >= 15 is 0 Å². The number of rotatable bonds is 5. The van der Waals surface area contributed by atoms with E-state index in [2.05, 4.69) is 0 Å². The summed E-state index contributed by atoms with van der Waals surface area (Å²) in [5.74, 6) is -0.628. The van der Waals surface area contributed by atoms with Gasteiger partial charge in [0.15, 0.2) is 12.1 Å². The van der Waals surface area contributed by atoms with E-state index in [-0.39, 0.29) is 23.2 Å². The third-order valence-corrected chi connectivity index (χ3v) is 4.23. The number of ether oxygens (including phenoxy) is 1. The zero-order chi connectivity index (χ0) is 17.1. The Bertz CT molecular complexity index is 623. The van der Waals surface area contributed by atoms with Crippen LogP contribution in [0.1, 0.15) is 37.8 Å². The van der Waals surface area contributed by atoms with E-state index in [0.29, 0.717) is 30.6 Å². The lowest BCUT2D eigenvalue weighted by Gasteiger charge is -2.30. The first-order chi connectivity index (χ1) is 10.8. The topological polar surface area (TPSA) is 46.5 Å². The Morgan fingerprint density at radius 1 is 1.30 bits per heavy atom. The van der Waals surface area contributed by atoms with E-state index in [0.717, 1.165) is 0 Å². The number of hydrogen-bond donors (Lipinski definition) is 1. The molecule has 0 heterocycles. The number of allylic oxidation sites excluding steroid dienone is 2. The van der Waals surface area contributed by atoms with Crippen LogP contribution in [0.25, 0.3) is 0 Å². The van der Waals surface area contributed by atoms with Crippen LogP contribution in [0.2, 0.25) is 0 Å². The molecule has 0 radical (unpaired) electrons. The molecule has 3 nitrogen and oxygen atoms in total. The summed E-state index contributed by atoms with van der Waals surface area (Å²) in [6, 6.07) is 2.43. The van der Waals surface area contributed by atoms with Gasteiger partial charge in [-0.1, -0.05) is 6.92 Å². The number of ketones is 1. The average Bonchev–Trinajstić information content (AvgIpc) is 2.44. The van der Waals surface area contributed by atoms with Crippen molar-refractivity contribution < 1.29 is 23.4 Å². The maximum Gasteiger partial charge on any atom is 0.194 e. The van der Waals surface area contributed by atoms with Crippen LogP contribution in [0.5, 0.6) is 0 Å². The summed E-state index contributed by atoms with van der Waals surface area (Å²) in [7, 11) is 0. The van der Waals surface area contributed by atoms with Crippen molar-refractivity contribution in [1.82, 2.24) is 0 Å². The van der Waals surface area contributed by atoms with Crippen molar-refractivity contribution >= 4 is 5.78 Å². The zero-order valence-corrected chi connectivity index (χ0v) is 13.6. The molecular weight excluding hydrogens is 302 g/mol. The number of hydrogen-bond acceptors (Lipinski definition) is 3. The Hall–Kier alpha value is -1.75. The van der Waals surface area contributed by atoms with Crippen molar-refractivity contribution in [2.24, 2.45) is 11.8 Å². The van der Waals surface area contributed by atoms with Crippen LogP contribution in [0.15, 0.2) is 24.0 Å². The number of carbonyl (C=O) groups is 1. The normalized spacial score (nSPS) is 20.9. The number of aliphatic hydroxyl groups excluding tert-OH is 1. The average molecular weight is 324 g/mol. The fourth-order valence-corrected chi connectivity index (χ4v) is 2.99. The van der Waals surface area contributed by atoms with Crippen molar-refractivity contribution in [2.45, 2.75) is 46.3 Å². The second-order valence-corrected chi connectivity index (χ2v) is 6.25. The molecule has 0 aromatic heterocycles. The molecule has 1 aromatic rings. The maximum atomic E-state index is 14.0. The van der Waals surface area contributed by atoms with Crippen LogP contribution < -0.4 is 0 Å². The first kappa shape index (κ1) is 17.6. The second-order valence-electron chi connectivity index (χ2n) is 6.25. The molecule has 2 rings (SSSR count). The highest BCUT2D eigenvalue weighted by atomic mass is 19.1. The van der Waals surface area contributed by atoms with Gasteiger partial charge in [-0.05, 0) is 55.9 Å². The van der Waals surface area contributed by atoms with Gasteiger partial charge in [0, 0.05) is 18.4 Å². The molecule has 0 spiro atoms. The van der Waals surface area contributed by atoms with Gasteiger partial charge < -0.3 is 9.84 Å². The maximum absolute atomic E-state index is 14.0. The first-order valence-electron chi connectivity index (χ1n) is 7.81. The Morgan fingerprint density at radius 2 is 2.00 bits per heavy atom. The van der Waals surface area contributed by atoms with E-state index in [9.17, 15) is 18.7 Å². The molecule has 0 amide bonds. The van der Waals surface area contributed by atoms with Gasteiger partial charge in [-0.2, -0.15) is 0 Å². The highest BCUT2D eigenvalue weighted by Crippen LogP contribution is 2.33. The second kappa shape index (κ2) is 7.21. The zero-order valence-electron chi connectivity index (χ0n) is 13.6. The smallest absolute Gasteiger partial charge is 0.194 e. The summed E-state index contributed by atoms with van der Waals surface area (Å²) < 4.78 is 33.0. The summed E-state index contributed by atoms with van der Waals surface area (Å²) in [5.41, 5.74) is 0.592. The van der Waals surface area contributed by atoms with E-state index in [1.807, 2.05) is 6.92 Å². The molecule has 0 fully saturated rings. The fraction of sp³-hybridized carbons (Fsp3) is 0.500. The fourth-order valence-electron chi connectivity index (χ4n) is 2.99. The number of benzene rings is 1. The quantitative estimate of drug-likeness (QED) is 0.841. The molecule has 1 aromatic carbocycles. The molecule has 23 heavy (non-hydrogen) atoms. The molecule has 1 N–H and O–H groups in total. The van der Waals surface area contributed by atoms with E-state index in [1.165, 1.54) is 32.1 Å². The van der Waals surface area contributed by atoms with E-state index in [4.69, 9.17) is 4.74 Å². The Balaban J connectivity index is 2.19. The first-order valence-corrected chi connectivity index (χ1v) is 7.81. The van der Waals surface area contributed by atoms with Crippen LogP contribution in [-0.2, 0) is 16.0 Å². The van der Waals surface area contributed by atoms with Gasteiger partial charge in [-0.3, -0.25) is 4.79 Å².